The number of para-hydroxylation sites is 1. The van der Waals surface area contributed by atoms with E-state index in [2.05, 4.69) is 15.8 Å². The molecule has 1 aliphatic rings. The van der Waals surface area contributed by atoms with Crippen LogP contribution in [-0.2, 0) is 0 Å². The molecule has 4 aromatic carbocycles. The average Bonchev–Trinajstić information content (AvgIpc) is 3.72. The minimum atomic E-state index is -0.357. The van der Waals surface area contributed by atoms with Crippen LogP contribution in [0.25, 0.3) is 22.6 Å². The minimum Gasteiger partial charge on any atom is -0.493 e. The molecule has 0 spiro atoms. The van der Waals surface area contributed by atoms with E-state index in [1.54, 1.807) is 35.5 Å². The summed E-state index contributed by atoms with van der Waals surface area (Å²) in [6.45, 7) is 3.16. The van der Waals surface area contributed by atoms with Crippen LogP contribution < -0.4 is 43.8 Å². The number of carbonyl (C=O) groups is 1. The van der Waals surface area contributed by atoms with Gasteiger partial charge in [-0.1, -0.05) is 61.0 Å². The third-order valence-electron chi connectivity index (χ3n) is 9.74. The summed E-state index contributed by atoms with van der Waals surface area (Å²) in [6, 6.07) is 22.8. The normalized spacial score (nSPS) is 13.2. The first kappa shape index (κ1) is 39.6. The molecule has 1 amide bonds. The SMILES string of the molecule is COc1cc(C2NC(=O)c3cc(C)ccc3N2)ccc1OCCCCCCCCCOc1cccc(-c2cc(-c3cc(OC)c(OC)c(OC)c3)on2)c1OC. The van der Waals surface area contributed by atoms with Crippen LogP contribution >= 0.6 is 0 Å². The monoisotopic (exact) mass is 765 g/mol. The summed E-state index contributed by atoms with van der Waals surface area (Å²) in [5.41, 5.74) is 5.51. The molecule has 1 unspecified atom stereocenters. The third-order valence-corrected chi connectivity index (χ3v) is 9.74. The smallest absolute Gasteiger partial charge is 0.255 e. The second kappa shape index (κ2) is 19.0. The molecule has 1 aliphatic heterocycles. The number of ether oxygens (including phenoxy) is 7. The molecule has 0 aliphatic carbocycles. The van der Waals surface area contributed by atoms with Gasteiger partial charge in [-0.15, -0.1) is 0 Å². The molecule has 296 valence electrons. The van der Waals surface area contributed by atoms with Crippen molar-refractivity contribution in [3.05, 3.63) is 89.5 Å². The maximum absolute atomic E-state index is 12.7. The van der Waals surface area contributed by atoms with Crippen molar-refractivity contribution < 1.29 is 42.5 Å². The van der Waals surface area contributed by atoms with Crippen molar-refractivity contribution in [1.29, 1.82) is 0 Å². The number of unbranched alkanes of at least 4 members (excludes halogenated alkanes) is 6. The molecule has 12 nitrogen and oxygen atoms in total. The largest absolute Gasteiger partial charge is 0.493 e. The first-order chi connectivity index (χ1) is 27.4. The van der Waals surface area contributed by atoms with Gasteiger partial charge in [0.05, 0.1) is 54.3 Å². The van der Waals surface area contributed by atoms with Gasteiger partial charge in [-0.2, -0.15) is 0 Å². The first-order valence-electron chi connectivity index (χ1n) is 18.9. The molecule has 0 saturated carbocycles. The molecule has 0 fully saturated rings. The molecular weight excluding hydrogens is 714 g/mol. The Labute approximate surface area is 328 Å². The number of nitrogens with one attached hydrogen (secondary N) is 2. The Kier molecular flexibility index (Phi) is 13.5. The number of nitrogens with zero attached hydrogens (tertiary/aromatic N) is 1. The highest BCUT2D eigenvalue weighted by molar-refractivity contribution is 6.02. The van der Waals surface area contributed by atoms with Crippen LogP contribution in [0.2, 0.25) is 0 Å². The molecule has 1 atom stereocenters. The van der Waals surface area contributed by atoms with Gasteiger partial charge in [0.25, 0.3) is 5.91 Å². The Morgan fingerprint density at radius 2 is 1.27 bits per heavy atom. The number of anilines is 1. The Bertz CT molecular complexity index is 2070. The molecule has 2 N–H and O–H groups in total. The van der Waals surface area contributed by atoms with Crippen LogP contribution in [0.5, 0.6) is 40.2 Å². The lowest BCUT2D eigenvalue weighted by Gasteiger charge is -2.28. The first-order valence-corrected chi connectivity index (χ1v) is 18.9. The summed E-state index contributed by atoms with van der Waals surface area (Å²) in [7, 11) is 7.96. The fourth-order valence-electron chi connectivity index (χ4n) is 6.78. The fourth-order valence-corrected chi connectivity index (χ4v) is 6.78. The molecular formula is C44H51N3O9. The van der Waals surface area contributed by atoms with Crippen LogP contribution in [0.4, 0.5) is 5.69 Å². The van der Waals surface area contributed by atoms with Crippen molar-refractivity contribution in [3.8, 4) is 62.8 Å². The van der Waals surface area contributed by atoms with Crippen molar-refractivity contribution >= 4 is 11.6 Å². The standard InChI is InChI=1S/C44H51N3O9/c1-28-17-19-33-32(23-28)44(48)46-43(45-33)29-18-20-35(38(24-29)49-2)54-21-12-10-8-7-9-11-13-22-55-36-16-14-15-31(41(36)52-5)34-27-37(56-47-34)30-25-39(50-3)42(53-6)40(26-30)51-4/h14-20,23-27,43,45H,7-13,21-22H2,1-6H3,(H,46,48). The van der Waals surface area contributed by atoms with Crippen LogP contribution in [0.15, 0.2) is 77.3 Å². The number of carbonyl (C=O) groups excluding carboxylic acids is 1. The van der Waals surface area contributed by atoms with Crippen molar-refractivity contribution in [1.82, 2.24) is 10.5 Å². The van der Waals surface area contributed by atoms with Gasteiger partial charge in [-0.3, -0.25) is 4.79 Å². The zero-order valence-corrected chi connectivity index (χ0v) is 33.0. The number of hydrogen-bond donors (Lipinski definition) is 2. The second-order valence-corrected chi connectivity index (χ2v) is 13.5. The van der Waals surface area contributed by atoms with Gasteiger partial charge in [0.15, 0.2) is 40.3 Å². The van der Waals surface area contributed by atoms with Crippen molar-refractivity contribution in [2.75, 3.05) is 54.1 Å². The van der Waals surface area contributed by atoms with Gasteiger partial charge in [0.1, 0.15) is 11.9 Å². The van der Waals surface area contributed by atoms with Gasteiger partial charge in [0.2, 0.25) is 5.75 Å². The van der Waals surface area contributed by atoms with E-state index >= 15 is 0 Å². The van der Waals surface area contributed by atoms with Gasteiger partial charge in [-0.05, 0) is 73.9 Å². The van der Waals surface area contributed by atoms with Gasteiger partial charge >= 0.3 is 0 Å². The fraction of sp³-hybridized carbons (Fsp3) is 0.364. The quantitative estimate of drug-likeness (QED) is 0.0735. The lowest BCUT2D eigenvalue weighted by atomic mass is 10.0. The van der Waals surface area contributed by atoms with Crippen LogP contribution in [-0.4, -0.2) is 59.8 Å². The summed E-state index contributed by atoms with van der Waals surface area (Å²) in [4.78, 5) is 12.7. The van der Waals surface area contributed by atoms with E-state index in [4.69, 9.17) is 37.7 Å². The van der Waals surface area contributed by atoms with Crippen LogP contribution in [0.1, 0.15) is 72.6 Å². The zero-order chi connectivity index (χ0) is 39.4. The molecule has 12 heteroatoms. The molecule has 0 bridgehead atoms. The molecule has 0 radical (unpaired) electrons. The van der Waals surface area contributed by atoms with E-state index in [1.807, 2.05) is 79.7 Å². The lowest BCUT2D eigenvalue weighted by Crippen LogP contribution is -2.38. The van der Waals surface area contributed by atoms with Gasteiger partial charge in [-0.25, -0.2) is 0 Å². The van der Waals surface area contributed by atoms with Gasteiger partial charge < -0.3 is 48.3 Å². The Morgan fingerprint density at radius 3 is 1.93 bits per heavy atom. The zero-order valence-electron chi connectivity index (χ0n) is 33.0. The molecule has 2 heterocycles. The van der Waals surface area contributed by atoms with E-state index in [0.29, 0.717) is 70.5 Å². The Morgan fingerprint density at radius 1 is 0.607 bits per heavy atom. The number of amides is 1. The summed E-state index contributed by atoms with van der Waals surface area (Å²) < 4.78 is 45.8. The van der Waals surface area contributed by atoms with E-state index in [0.717, 1.165) is 72.9 Å². The van der Waals surface area contributed by atoms with Crippen molar-refractivity contribution in [3.63, 3.8) is 0 Å². The minimum absolute atomic E-state index is 0.0998. The van der Waals surface area contributed by atoms with E-state index in [1.165, 1.54) is 0 Å². The Hall–Kier alpha value is -6.04. The predicted molar refractivity (Wildman–Crippen MR) is 215 cm³/mol. The summed E-state index contributed by atoms with van der Waals surface area (Å²) in [5, 5.41) is 10.8. The average molecular weight is 766 g/mol. The maximum atomic E-state index is 12.7. The van der Waals surface area contributed by atoms with Crippen molar-refractivity contribution in [2.24, 2.45) is 0 Å². The van der Waals surface area contributed by atoms with E-state index < -0.39 is 0 Å². The number of rotatable bonds is 20. The topological polar surface area (TPSA) is 132 Å². The van der Waals surface area contributed by atoms with E-state index in [9.17, 15) is 4.79 Å². The number of methoxy groups -OCH3 is 5. The Balaban J connectivity index is 0.902. The summed E-state index contributed by atoms with van der Waals surface area (Å²) in [6.07, 6.45) is 7.12. The summed E-state index contributed by atoms with van der Waals surface area (Å²) in [5.74, 6) is 4.57. The third kappa shape index (κ3) is 9.24. The highest BCUT2D eigenvalue weighted by Gasteiger charge is 2.26. The predicted octanol–water partition coefficient (Wildman–Crippen LogP) is 9.40. The van der Waals surface area contributed by atoms with Gasteiger partial charge in [0, 0.05) is 22.9 Å². The van der Waals surface area contributed by atoms with Crippen LogP contribution in [0.3, 0.4) is 0 Å². The second-order valence-electron chi connectivity index (χ2n) is 13.5. The lowest BCUT2D eigenvalue weighted by molar-refractivity contribution is 0.0935. The summed E-state index contributed by atoms with van der Waals surface area (Å²) >= 11 is 0. The van der Waals surface area contributed by atoms with Crippen LogP contribution in [0, 0.1) is 6.92 Å². The molecule has 6 rings (SSSR count). The molecule has 5 aromatic rings. The number of benzene rings is 4. The number of hydrogen-bond acceptors (Lipinski definition) is 11. The highest BCUT2D eigenvalue weighted by atomic mass is 16.5. The highest BCUT2D eigenvalue weighted by Crippen LogP contribution is 2.43. The number of aromatic nitrogens is 1. The van der Waals surface area contributed by atoms with E-state index in [-0.39, 0.29) is 12.1 Å². The number of aryl methyl sites for hydroxylation is 1. The molecule has 56 heavy (non-hydrogen) atoms. The molecule has 1 aromatic heterocycles. The van der Waals surface area contributed by atoms with Crippen molar-refractivity contribution in [2.45, 2.75) is 58.0 Å². The number of fused-ring (bicyclic) bond motifs is 1. The molecule has 0 saturated heterocycles. The maximum Gasteiger partial charge on any atom is 0.255 e.